The van der Waals surface area contributed by atoms with Gasteiger partial charge in [-0.25, -0.2) is 0 Å². The van der Waals surface area contributed by atoms with Gasteiger partial charge in [0.25, 0.3) is 5.91 Å². The fraction of sp³-hybridized carbons (Fsp3) is 0.536. The molecule has 1 fully saturated rings. The Hall–Kier alpha value is -2.94. The lowest BCUT2D eigenvalue weighted by Crippen LogP contribution is -2.35. The first-order chi connectivity index (χ1) is 17.6. The van der Waals surface area contributed by atoms with Gasteiger partial charge in [-0.2, -0.15) is 13.2 Å². The number of aromatic nitrogens is 1. The Morgan fingerprint density at radius 3 is 2.38 bits per heavy atom. The van der Waals surface area contributed by atoms with E-state index < -0.39 is 11.7 Å². The zero-order valence-electron chi connectivity index (χ0n) is 21.6. The molecule has 0 radical (unpaired) electrons. The first kappa shape index (κ1) is 27.1. The fourth-order valence-electron chi connectivity index (χ4n) is 5.63. The van der Waals surface area contributed by atoms with Crippen LogP contribution in [0, 0.1) is 17.8 Å². The minimum absolute atomic E-state index is 0.0184. The lowest BCUT2D eigenvalue weighted by molar-refractivity contribution is -0.137. The van der Waals surface area contributed by atoms with E-state index in [4.69, 9.17) is 0 Å². The van der Waals surface area contributed by atoms with Crippen LogP contribution in [0.4, 0.5) is 13.2 Å². The monoisotopic (exact) mass is 516 g/mol. The number of carbonyl (C=O) groups excluding carboxylic acids is 2. The molecule has 1 aliphatic carbocycles. The smallest absolute Gasteiger partial charge is 0.359 e. The van der Waals surface area contributed by atoms with Gasteiger partial charge in [0, 0.05) is 38.8 Å². The van der Waals surface area contributed by atoms with E-state index in [1.54, 1.807) is 13.2 Å². The van der Waals surface area contributed by atoms with Crippen LogP contribution in [0.1, 0.15) is 78.3 Å². The second-order valence-corrected chi connectivity index (χ2v) is 10.6. The summed E-state index contributed by atoms with van der Waals surface area (Å²) in [7, 11) is 1.66. The topological polar surface area (TPSA) is 74.3 Å². The minimum atomic E-state index is -4.35. The summed E-state index contributed by atoms with van der Waals surface area (Å²) in [6.45, 7) is 5.85. The Bertz CT molecular complexity index is 1110. The molecule has 2 heterocycles. The predicted molar refractivity (Wildman–Crippen MR) is 134 cm³/mol. The zero-order valence-corrected chi connectivity index (χ0v) is 21.6. The molecule has 2 aliphatic rings. The van der Waals surface area contributed by atoms with E-state index in [2.05, 4.69) is 34.4 Å². The maximum absolute atomic E-state index is 12.9. The highest BCUT2D eigenvalue weighted by Gasteiger charge is 2.35. The molecule has 1 aromatic carbocycles. The predicted octanol–water partition coefficient (Wildman–Crippen LogP) is 5.10. The number of nitrogens with one attached hydrogen (secondary N) is 2. The molecule has 2 N–H and O–H groups in total. The van der Waals surface area contributed by atoms with Crippen LogP contribution < -0.4 is 10.6 Å². The van der Waals surface area contributed by atoms with Crippen LogP contribution in [0.2, 0.25) is 0 Å². The number of benzene rings is 1. The lowest BCUT2D eigenvalue weighted by atomic mass is 9.81. The van der Waals surface area contributed by atoms with Crippen LogP contribution in [-0.4, -0.2) is 35.3 Å². The van der Waals surface area contributed by atoms with Crippen molar-refractivity contribution in [3.8, 4) is 0 Å². The van der Waals surface area contributed by atoms with Gasteiger partial charge in [-0.05, 0) is 66.8 Å². The molecule has 1 atom stereocenters. The van der Waals surface area contributed by atoms with Crippen LogP contribution in [0.5, 0.6) is 0 Å². The van der Waals surface area contributed by atoms with E-state index in [1.165, 1.54) is 12.1 Å². The molecular formula is C28H35F3N4O2. The molecule has 1 aliphatic heterocycles. The van der Waals surface area contributed by atoms with Crippen LogP contribution >= 0.6 is 0 Å². The number of alkyl halides is 3. The number of rotatable bonds is 7. The quantitative estimate of drug-likeness (QED) is 0.537. The molecule has 1 saturated carbocycles. The number of amides is 2. The molecule has 200 valence electrons. The van der Waals surface area contributed by atoms with E-state index in [0.717, 1.165) is 54.6 Å². The van der Waals surface area contributed by atoms with Gasteiger partial charge in [-0.1, -0.05) is 26.0 Å². The van der Waals surface area contributed by atoms with Gasteiger partial charge in [-0.3, -0.25) is 19.5 Å². The van der Waals surface area contributed by atoms with Crippen molar-refractivity contribution in [2.75, 3.05) is 13.6 Å². The van der Waals surface area contributed by atoms with E-state index in [0.29, 0.717) is 31.1 Å². The van der Waals surface area contributed by atoms with E-state index in [1.807, 2.05) is 6.07 Å². The highest BCUT2D eigenvalue weighted by Crippen LogP contribution is 2.39. The molecule has 6 nitrogen and oxygen atoms in total. The van der Waals surface area contributed by atoms with E-state index in [9.17, 15) is 22.8 Å². The Kier molecular flexibility index (Phi) is 8.21. The Labute approximate surface area is 216 Å². The molecule has 2 amide bonds. The Balaban J connectivity index is 1.38. The van der Waals surface area contributed by atoms with Gasteiger partial charge < -0.3 is 10.6 Å². The number of hydrogen-bond donors (Lipinski definition) is 2. The van der Waals surface area contributed by atoms with E-state index >= 15 is 0 Å². The maximum atomic E-state index is 12.9. The van der Waals surface area contributed by atoms with Gasteiger partial charge in [0.2, 0.25) is 5.91 Å². The highest BCUT2D eigenvalue weighted by atomic mass is 19.4. The summed E-state index contributed by atoms with van der Waals surface area (Å²) in [4.78, 5) is 31.6. The van der Waals surface area contributed by atoms with Crippen molar-refractivity contribution in [3.63, 3.8) is 0 Å². The molecule has 0 spiro atoms. The van der Waals surface area contributed by atoms with Crippen LogP contribution in [0.25, 0.3) is 0 Å². The number of pyridine rings is 1. The number of hydrogen-bond acceptors (Lipinski definition) is 4. The standard InChI is InChI=1S/C28H35F3N4O2/c1-17(2)25-24-22(16-35(25)15-19-6-10-23(11-7-19)28(29,30)31)12-21(14-33-24)27(37)34-13-18-4-8-20(9-5-18)26(36)32-3/h6-7,10-12,14,17-18,20,25H,4-5,8-9,13,15-16H2,1-3H3,(H,32,36)(H,34,37)/t18-,20-,25?. The Morgan fingerprint density at radius 2 is 1.78 bits per heavy atom. The first-order valence-electron chi connectivity index (χ1n) is 13.0. The minimum Gasteiger partial charge on any atom is -0.359 e. The maximum Gasteiger partial charge on any atom is 0.416 e. The molecule has 0 bridgehead atoms. The van der Waals surface area contributed by atoms with Crippen molar-refractivity contribution in [3.05, 3.63) is 64.5 Å². The lowest BCUT2D eigenvalue weighted by Gasteiger charge is -2.27. The third kappa shape index (κ3) is 6.32. The summed E-state index contributed by atoms with van der Waals surface area (Å²) in [5, 5.41) is 5.75. The summed E-state index contributed by atoms with van der Waals surface area (Å²) in [5.74, 6) is 0.603. The summed E-state index contributed by atoms with van der Waals surface area (Å²) in [5.41, 5.74) is 2.56. The van der Waals surface area contributed by atoms with Gasteiger partial charge >= 0.3 is 6.18 Å². The highest BCUT2D eigenvalue weighted by molar-refractivity contribution is 5.94. The average molecular weight is 517 g/mol. The molecule has 4 rings (SSSR count). The molecule has 9 heteroatoms. The summed E-state index contributed by atoms with van der Waals surface area (Å²) in [6.07, 6.45) is 0.770. The molecule has 2 aromatic rings. The van der Waals surface area contributed by atoms with Crippen molar-refractivity contribution in [1.29, 1.82) is 0 Å². The SMILES string of the molecule is CNC(=O)[C@H]1CC[C@H](CNC(=O)c2cnc3c(c2)CN(Cc2ccc(C(F)(F)F)cc2)C3C(C)C)CC1. The molecule has 1 aromatic heterocycles. The molecule has 1 unspecified atom stereocenters. The third-order valence-electron chi connectivity index (χ3n) is 7.62. The van der Waals surface area contributed by atoms with Gasteiger partial charge in [0.05, 0.1) is 22.9 Å². The van der Waals surface area contributed by atoms with Crippen LogP contribution in [0.15, 0.2) is 36.5 Å². The first-order valence-corrected chi connectivity index (χ1v) is 13.0. The van der Waals surface area contributed by atoms with Crippen molar-refractivity contribution in [2.45, 2.75) is 64.8 Å². The summed E-state index contributed by atoms with van der Waals surface area (Å²) in [6, 6.07) is 7.20. The second-order valence-electron chi connectivity index (χ2n) is 10.6. The van der Waals surface area contributed by atoms with Crippen LogP contribution in [0.3, 0.4) is 0 Å². The summed E-state index contributed by atoms with van der Waals surface area (Å²) >= 11 is 0. The molecule has 0 saturated heterocycles. The number of fused-ring (bicyclic) bond motifs is 1. The van der Waals surface area contributed by atoms with Crippen molar-refractivity contribution in [1.82, 2.24) is 20.5 Å². The van der Waals surface area contributed by atoms with E-state index in [-0.39, 0.29) is 29.7 Å². The average Bonchev–Trinajstić information content (AvgIpc) is 3.24. The zero-order chi connectivity index (χ0) is 26.7. The third-order valence-corrected chi connectivity index (χ3v) is 7.62. The Morgan fingerprint density at radius 1 is 1.11 bits per heavy atom. The van der Waals surface area contributed by atoms with Gasteiger partial charge in [0.1, 0.15) is 0 Å². The fourth-order valence-corrected chi connectivity index (χ4v) is 5.63. The normalized spacial score (nSPS) is 22.1. The van der Waals surface area contributed by atoms with Crippen molar-refractivity contribution < 1.29 is 22.8 Å². The number of nitrogens with zero attached hydrogens (tertiary/aromatic N) is 2. The number of halogens is 3. The summed E-state index contributed by atoms with van der Waals surface area (Å²) < 4.78 is 38.8. The second kappa shape index (κ2) is 11.2. The number of carbonyl (C=O) groups is 2. The van der Waals surface area contributed by atoms with Gasteiger partial charge in [-0.15, -0.1) is 0 Å². The van der Waals surface area contributed by atoms with Crippen molar-refractivity contribution >= 4 is 11.8 Å². The largest absolute Gasteiger partial charge is 0.416 e. The van der Waals surface area contributed by atoms with Crippen molar-refractivity contribution in [2.24, 2.45) is 17.8 Å². The molecule has 37 heavy (non-hydrogen) atoms. The van der Waals surface area contributed by atoms with Crippen LogP contribution in [-0.2, 0) is 24.1 Å². The molecular weight excluding hydrogens is 481 g/mol. The van der Waals surface area contributed by atoms with Gasteiger partial charge in [0.15, 0.2) is 0 Å².